The van der Waals surface area contributed by atoms with Gasteiger partial charge in [0.1, 0.15) is 0 Å². The fourth-order valence-electron chi connectivity index (χ4n) is 9.74. The molecule has 11 rings (SSSR count). The van der Waals surface area contributed by atoms with Gasteiger partial charge in [-0.1, -0.05) is 126 Å². The zero-order valence-corrected chi connectivity index (χ0v) is 35.8. The number of aryl methyl sites for hydroxylation is 2. The molecule has 0 fully saturated rings. The van der Waals surface area contributed by atoms with E-state index in [0.29, 0.717) is 27.8 Å². The summed E-state index contributed by atoms with van der Waals surface area (Å²) in [5, 5.41) is 25.6. The van der Waals surface area contributed by atoms with E-state index in [4.69, 9.17) is 0 Å². The monoisotopic (exact) mass is 858 g/mol. The SMILES string of the molecule is Cc1cccc(-c2ccc3c(c2)c2ccccc2n3-c2ccc(-c3ccc(C(F)(F)F)cc3C#N)cc2-c2c(C#N)cccc2-n2c3ccccc3c3cc(-c4cccc(C)c4)ccc32)c1. The van der Waals surface area contributed by atoms with E-state index >= 15 is 0 Å². The van der Waals surface area contributed by atoms with Crippen LogP contribution in [0.25, 0.3) is 99.5 Å². The van der Waals surface area contributed by atoms with Gasteiger partial charge in [0.15, 0.2) is 0 Å². The van der Waals surface area contributed by atoms with Gasteiger partial charge in [-0.15, -0.1) is 0 Å². The lowest BCUT2D eigenvalue weighted by Crippen LogP contribution is -2.06. The number of rotatable bonds is 6. The molecule has 0 aliphatic heterocycles. The lowest BCUT2D eigenvalue weighted by molar-refractivity contribution is -0.137. The van der Waals surface area contributed by atoms with E-state index in [9.17, 15) is 23.7 Å². The minimum absolute atomic E-state index is 0.107. The maximum Gasteiger partial charge on any atom is 0.416 e. The molecule has 0 aliphatic rings. The molecule has 0 bridgehead atoms. The molecule has 4 nitrogen and oxygen atoms in total. The molecule has 0 unspecified atom stereocenters. The fraction of sp³-hybridized carbons (Fsp3) is 0.0508. The number of para-hydroxylation sites is 2. The molecule has 0 saturated carbocycles. The topological polar surface area (TPSA) is 57.4 Å². The van der Waals surface area contributed by atoms with Crippen LogP contribution in [0.15, 0.2) is 188 Å². The van der Waals surface area contributed by atoms with Gasteiger partial charge in [0.25, 0.3) is 0 Å². The van der Waals surface area contributed by atoms with Crippen molar-refractivity contribution in [2.75, 3.05) is 0 Å². The summed E-state index contributed by atoms with van der Waals surface area (Å²) in [7, 11) is 0. The predicted molar refractivity (Wildman–Crippen MR) is 261 cm³/mol. The Labute approximate surface area is 378 Å². The smallest absolute Gasteiger partial charge is 0.309 e. The summed E-state index contributed by atoms with van der Waals surface area (Å²) in [5.41, 5.74) is 13.5. The summed E-state index contributed by atoms with van der Waals surface area (Å²) in [4.78, 5) is 0. The molecule has 2 heterocycles. The summed E-state index contributed by atoms with van der Waals surface area (Å²) in [6.45, 7) is 4.17. The second-order valence-corrected chi connectivity index (χ2v) is 16.8. The zero-order valence-electron chi connectivity index (χ0n) is 35.8. The van der Waals surface area contributed by atoms with Crippen LogP contribution < -0.4 is 0 Å². The van der Waals surface area contributed by atoms with Gasteiger partial charge in [-0.05, 0) is 120 Å². The molecule has 9 aromatic carbocycles. The molecule has 66 heavy (non-hydrogen) atoms. The first-order valence-corrected chi connectivity index (χ1v) is 21.6. The minimum Gasteiger partial charge on any atom is -0.309 e. The number of nitrogens with zero attached hydrogens (tertiary/aromatic N) is 4. The summed E-state index contributed by atoms with van der Waals surface area (Å²) in [6.07, 6.45) is -4.63. The highest BCUT2D eigenvalue weighted by Gasteiger charge is 2.31. The predicted octanol–water partition coefficient (Wildman–Crippen LogP) is 15.9. The maximum atomic E-state index is 14.0. The number of aromatic nitrogens is 2. The van der Waals surface area contributed by atoms with Crippen LogP contribution in [0, 0.1) is 36.5 Å². The first-order valence-electron chi connectivity index (χ1n) is 21.6. The molecular weight excluding hydrogens is 822 g/mol. The first kappa shape index (κ1) is 40.1. The van der Waals surface area contributed by atoms with Gasteiger partial charge >= 0.3 is 6.18 Å². The quantitative estimate of drug-likeness (QED) is 0.167. The molecule has 0 spiro atoms. The van der Waals surface area contributed by atoms with E-state index in [-0.39, 0.29) is 5.56 Å². The van der Waals surface area contributed by atoms with Crippen molar-refractivity contribution in [3.63, 3.8) is 0 Å². The largest absolute Gasteiger partial charge is 0.416 e. The van der Waals surface area contributed by atoms with E-state index in [1.165, 1.54) is 11.6 Å². The Morgan fingerprint density at radius 2 is 0.909 bits per heavy atom. The van der Waals surface area contributed by atoms with Crippen LogP contribution in [0.2, 0.25) is 0 Å². The highest BCUT2D eigenvalue weighted by atomic mass is 19.4. The van der Waals surface area contributed by atoms with E-state index < -0.39 is 11.7 Å². The van der Waals surface area contributed by atoms with Crippen LogP contribution in [0.5, 0.6) is 0 Å². The zero-order chi connectivity index (χ0) is 45.3. The van der Waals surface area contributed by atoms with Crippen LogP contribution in [-0.2, 0) is 6.18 Å². The van der Waals surface area contributed by atoms with Crippen molar-refractivity contribution >= 4 is 43.6 Å². The van der Waals surface area contributed by atoms with Crippen molar-refractivity contribution < 1.29 is 13.2 Å². The average Bonchev–Trinajstić information content (AvgIpc) is 3.85. The lowest BCUT2D eigenvalue weighted by atomic mass is 9.91. The Morgan fingerprint density at radius 1 is 0.394 bits per heavy atom. The van der Waals surface area contributed by atoms with Crippen molar-refractivity contribution in [1.82, 2.24) is 9.13 Å². The highest BCUT2D eigenvalue weighted by Crippen LogP contribution is 2.45. The van der Waals surface area contributed by atoms with Gasteiger partial charge in [0.2, 0.25) is 0 Å². The number of halogens is 3. The maximum absolute atomic E-state index is 14.0. The lowest BCUT2D eigenvalue weighted by Gasteiger charge is -2.21. The molecule has 0 amide bonds. The highest BCUT2D eigenvalue weighted by molar-refractivity contribution is 6.13. The molecule has 0 atom stereocenters. The van der Waals surface area contributed by atoms with Gasteiger partial charge in [0.05, 0.1) is 62.3 Å². The van der Waals surface area contributed by atoms with Crippen molar-refractivity contribution in [1.29, 1.82) is 10.5 Å². The third-order valence-electron chi connectivity index (χ3n) is 12.7. The number of fused-ring (bicyclic) bond motifs is 6. The summed E-state index contributed by atoms with van der Waals surface area (Å²) in [5.74, 6) is 0. The molecule has 11 aromatic rings. The Morgan fingerprint density at radius 3 is 1.47 bits per heavy atom. The molecule has 0 saturated heterocycles. The van der Waals surface area contributed by atoms with Gasteiger partial charge in [-0.3, -0.25) is 0 Å². The first-order chi connectivity index (χ1) is 32.1. The van der Waals surface area contributed by atoms with Crippen molar-refractivity contribution in [3.05, 3.63) is 216 Å². The average molecular weight is 859 g/mol. The standard InChI is InChI=1S/C59H37F3N4/c1-36-10-7-12-38(28-36)40-20-25-54-49(31-40)47-15-3-5-17-52(47)65(54)56-27-22-42(46-24-23-45(59(60,61)62)30-44(46)35-64)33-51(56)58-43(34-63)14-9-19-57(58)66-53-18-6-4-16-48(53)50-32-41(21-26-55(50)66)39-13-8-11-37(2)29-39/h3-33H,1-2H3. The van der Waals surface area contributed by atoms with Gasteiger partial charge < -0.3 is 9.13 Å². The van der Waals surface area contributed by atoms with Crippen molar-refractivity contribution in [2.45, 2.75) is 20.0 Å². The second kappa shape index (κ2) is 15.6. The fourth-order valence-corrected chi connectivity index (χ4v) is 9.74. The van der Waals surface area contributed by atoms with E-state index in [1.807, 2.05) is 60.7 Å². The minimum atomic E-state index is -4.63. The number of benzene rings is 9. The summed E-state index contributed by atoms with van der Waals surface area (Å²) in [6, 6.07) is 65.6. The van der Waals surface area contributed by atoms with Crippen LogP contribution in [-0.4, -0.2) is 9.13 Å². The number of nitriles is 2. The molecular formula is C59H37F3N4. The molecule has 0 aliphatic carbocycles. The van der Waals surface area contributed by atoms with Crippen molar-refractivity contribution in [2.24, 2.45) is 0 Å². The van der Waals surface area contributed by atoms with Crippen LogP contribution in [0.4, 0.5) is 13.2 Å². The Hall–Kier alpha value is -8.65. The Kier molecular flexibility index (Phi) is 9.46. The van der Waals surface area contributed by atoms with Crippen LogP contribution >= 0.6 is 0 Å². The van der Waals surface area contributed by atoms with Gasteiger partial charge in [0, 0.05) is 32.7 Å². The van der Waals surface area contributed by atoms with Crippen LogP contribution in [0.3, 0.4) is 0 Å². The van der Waals surface area contributed by atoms with Gasteiger partial charge in [-0.2, -0.15) is 23.7 Å². The molecule has 7 heteroatoms. The van der Waals surface area contributed by atoms with E-state index in [0.717, 1.165) is 94.9 Å². The van der Waals surface area contributed by atoms with Gasteiger partial charge in [-0.25, -0.2) is 0 Å². The molecule has 2 aromatic heterocycles. The van der Waals surface area contributed by atoms with Crippen molar-refractivity contribution in [3.8, 4) is 68.0 Å². The summed E-state index contributed by atoms with van der Waals surface area (Å²) >= 11 is 0. The number of hydrogen-bond acceptors (Lipinski definition) is 2. The molecule has 314 valence electrons. The van der Waals surface area contributed by atoms with Crippen LogP contribution in [0.1, 0.15) is 27.8 Å². The molecule has 0 N–H and O–H groups in total. The Balaban J connectivity index is 1.23. The number of alkyl halides is 3. The number of hydrogen-bond donors (Lipinski definition) is 0. The second-order valence-electron chi connectivity index (χ2n) is 16.8. The third kappa shape index (κ3) is 6.60. The van der Waals surface area contributed by atoms with E-state index in [1.54, 1.807) is 6.07 Å². The summed E-state index contributed by atoms with van der Waals surface area (Å²) < 4.78 is 46.4. The molecule has 0 radical (unpaired) electrons. The Bertz CT molecular complexity index is 3870. The normalized spacial score (nSPS) is 11.7. The van der Waals surface area contributed by atoms with E-state index in [2.05, 4.69) is 138 Å². The third-order valence-corrected chi connectivity index (χ3v) is 12.7.